The summed E-state index contributed by atoms with van der Waals surface area (Å²) in [5.74, 6) is -6.19. The van der Waals surface area contributed by atoms with E-state index < -0.39 is 23.9 Å². The summed E-state index contributed by atoms with van der Waals surface area (Å²) in [4.78, 5) is 71.2. The third-order valence-corrected chi connectivity index (χ3v) is 7.08. The van der Waals surface area contributed by atoms with Crippen molar-refractivity contribution in [3.63, 3.8) is 0 Å². The Kier molecular flexibility index (Phi) is 95.1. The predicted molar refractivity (Wildman–Crippen MR) is 285 cm³/mol. The summed E-state index contributed by atoms with van der Waals surface area (Å²) >= 11 is 0. The quantitative estimate of drug-likeness (QED) is 0.0774. The maximum Gasteiger partial charge on any atom is 0.0886 e. The Morgan fingerprint density at radius 2 is 0.333 bits per heavy atom. The summed E-state index contributed by atoms with van der Waals surface area (Å²) in [6, 6.07) is 46.4. The summed E-state index contributed by atoms with van der Waals surface area (Å²) in [6.07, 6.45) is 15.7. The van der Waals surface area contributed by atoms with Gasteiger partial charge in [-0.2, -0.15) is 0 Å². The van der Waals surface area contributed by atoms with Crippen LogP contribution in [0.1, 0.15) is 0 Å². The van der Waals surface area contributed by atoms with E-state index in [1.54, 1.807) is 49.6 Å². The molecule has 0 unspecified atom stereocenters. The first-order valence-corrected chi connectivity index (χ1v) is 18.6. The summed E-state index contributed by atoms with van der Waals surface area (Å²) in [5, 5.41) is 37.7. The van der Waals surface area contributed by atoms with Crippen molar-refractivity contribution in [1.82, 2.24) is 39.9 Å². The molecule has 33 heteroatoms. The number of rotatable bonds is 8. The molecular weight excluding hydrogens is 1170 g/mol. The Morgan fingerprint density at radius 1 is 0.235 bits per heavy atom. The molecule has 31 nitrogen and oxygen atoms in total. The fraction of sp³-hybridized carbons (Fsp3) is 0. The minimum atomic E-state index is -1.55. The fourth-order valence-electron chi connectivity index (χ4n) is 4.39. The van der Waals surface area contributed by atoms with Crippen LogP contribution in [-0.4, -0.2) is 135 Å². The molecule has 81 heavy (non-hydrogen) atoms. The van der Waals surface area contributed by atoms with Crippen molar-refractivity contribution in [3.8, 4) is 45.6 Å². The zero-order valence-corrected chi connectivity index (χ0v) is 43.9. The third-order valence-electron chi connectivity index (χ3n) is 7.08. The number of hydrogen-bond donors (Lipinski definition) is 0. The molecule has 0 atom stereocenters. The van der Waals surface area contributed by atoms with E-state index in [0.29, 0.717) is 24.3 Å². The second-order valence-corrected chi connectivity index (χ2v) is 11.7. The average Bonchev–Trinajstić information content (AvgIpc) is 3.36. The van der Waals surface area contributed by atoms with Gasteiger partial charge in [-0.05, 0) is 121 Å². The first-order valence-electron chi connectivity index (χ1n) is 18.6. The number of hydrogen-bond acceptors (Lipinski definition) is 16. The number of pyridine rings is 8. The van der Waals surface area contributed by atoms with E-state index >= 15 is 0 Å². The van der Waals surface area contributed by atoms with Crippen molar-refractivity contribution < 1.29 is 155 Å². The normalized spacial score (nSPS) is 7.60. The van der Waals surface area contributed by atoms with Gasteiger partial charge in [-0.15, -0.1) is 0 Å². The second-order valence-electron chi connectivity index (χ2n) is 11.7. The molecule has 0 aliphatic rings. The Labute approximate surface area is 481 Å². The van der Waals surface area contributed by atoms with Crippen molar-refractivity contribution in [2.24, 2.45) is 0 Å². The molecule has 0 aliphatic heterocycles. The topological polar surface area (TPSA) is 739 Å². The van der Waals surface area contributed by atoms with E-state index in [1.807, 2.05) is 146 Å². The molecule has 8 aromatic rings. The number of carboxylic acids is 4. The van der Waals surface area contributed by atoms with Gasteiger partial charge >= 0.3 is 0 Å². The molecule has 8 aromatic heterocycles. The monoisotopic (exact) mass is 1240 g/mol. The van der Waals surface area contributed by atoms with Crippen LogP contribution in [-0.2, 0) is 63.1 Å². The molecule has 8 rings (SSSR count). The maximum absolute atomic E-state index is 9.41. The maximum atomic E-state index is 9.41. The SMILES string of the molecule is O.O.O.O.O.O.O.O.O.O.O.O.O.O=C([O-])/C=C\C(=O)[O-].O=C([O-])/C=C\C(=O)[O-].[Ni].[Ni].[OH3+].[OH3+].c1ccc(-c2ccccn2)nc1.c1ccc(-c2ccccn2)nc1.c1ccc(-c2ccccn2)nc1.c1ccc(-c2ccccn2)nc1. The van der Waals surface area contributed by atoms with Gasteiger partial charge in [0.05, 0.1) is 69.4 Å². The first kappa shape index (κ1) is 112. The molecule has 8 heterocycles. The molecule has 460 valence electrons. The largest absolute Gasteiger partial charge is 0.545 e. The Hall–Kier alpha value is -9.05. The van der Waals surface area contributed by atoms with Gasteiger partial charge in [0.2, 0.25) is 0 Å². The zero-order valence-electron chi connectivity index (χ0n) is 41.9. The number of carbonyl (C=O) groups excluding carboxylic acids is 4. The number of aliphatic carboxylic acids is 4. The molecule has 0 aliphatic carbocycles. The summed E-state index contributed by atoms with van der Waals surface area (Å²) in [5.41, 5.74) is 7.32. The van der Waals surface area contributed by atoms with Crippen LogP contribution in [0.5, 0.6) is 0 Å². The number of aromatic nitrogens is 8. The molecule has 32 N–H and O–H groups in total. The summed E-state index contributed by atoms with van der Waals surface area (Å²) in [7, 11) is 0. The van der Waals surface area contributed by atoms with Crippen LogP contribution >= 0.6 is 0 Å². The predicted octanol–water partition coefficient (Wildman–Crippen LogP) is -9.91. The first-order chi connectivity index (χ1) is 31.1. The van der Waals surface area contributed by atoms with Crippen molar-refractivity contribution >= 4 is 23.9 Å². The smallest absolute Gasteiger partial charge is 0.0886 e. The van der Waals surface area contributed by atoms with Crippen molar-refractivity contribution in [3.05, 3.63) is 219 Å². The van der Waals surface area contributed by atoms with Crippen LogP contribution in [0.4, 0.5) is 0 Å². The average molecular weight is 1240 g/mol. The van der Waals surface area contributed by atoms with E-state index in [-0.39, 0.29) is 115 Å². The van der Waals surface area contributed by atoms with Crippen LogP contribution in [0, 0.1) is 0 Å². The Balaban J connectivity index is -0.0000000480. The summed E-state index contributed by atoms with van der Waals surface area (Å²) in [6.45, 7) is 0. The number of nitrogens with zero attached hydrogens (tertiary/aromatic N) is 8. The van der Waals surface area contributed by atoms with Gasteiger partial charge in [-0.25, -0.2) is 0 Å². The van der Waals surface area contributed by atoms with Crippen LogP contribution in [0.3, 0.4) is 0 Å². The minimum absolute atomic E-state index is 0. The van der Waals surface area contributed by atoms with Gasteiger partial charge in [0, 0.05) is 82.6 Å². The molecule has 0 spiro atoms. The molecule has 0 fully saturated rings. The van der Waals surface area contributed by atoms with E-state index in [1.165, 1.54) is 0 Å². The number of carboxylic acid groups (broad SMARTS) is 4. The zero-order chi connectivity index (χ0) is 46.0. The summed E-state index contributed by atoms with van der Waals surface area (Å²) < 4.78 is 0. The Bertz CT molecular complexity index is 2120. The van der Waals surface area contributed by atoms with Crippen LogP contribution < -0.4 is 20.4 Å². The van der Waals surface area contributed by atoms with Gasteiger partial charge in [-0.1, -0.05) is 48.5 Å². The van der Waals surface area contributed by atoms with Gasteiger partial charge in [0.1, 0.15) is 0 Å². The van der Waals surface area contributed by atoms with E-state index in [0.717, 1.165) is 45.6 Å². The van der Waals surface area contributed by atoms with Crippen LogP contribution in [0.15, 0.2) is 219 Å². The molecule has 0 saturated carbocycles. The fourth-order valence-corrected chi connectivity index (χ4v) is 4.39. The van der Waals surface area contributed by atoms with Gasteiger partial charge in [0.25, 0.3) is 0 Å². The molecule has 0 amide bonds. The van der Waals surface area contributed by atoms with Crippen LogP contribution in [0.2, 0.25) is 0 Å². The van der Waals surface area contributed by atoms with Gasteiger partial charge < -0.3 is 122 Å². The molecule has 0 radical (unpaired) electrons. The number of carbonyl (C=O) groups is 4. The van der Waals surface area contributed by atoms with Crippen molar-refractivity contribution in [1.29, 1.82) is 0 Å². The Morgan fingerprint density at radius 3 is 0.395 bits per heavy atom. The van der Waals surface area contributed by atoms with E-state index in [4.69, 9.17) is 0 Å². The standard InChI is InChI=1S/4C10H8N2.2C4H4O4.2Ni.15H2O/c4*1-3-7-11-9(5-1)10-6-2-4-8-12-10;2*5-3(6)1-2-4(7)8;;;;;;;;;;;;;;;;;/h4*1-8H;2*1-2H,(H,5,6)(H,7,8);;;15*1H2/p-2/b;;;;2*2-1-;;;;;;;;;;;;;;;;;. The third kappa shape index (κ3) is 51.5. The van der Waals surface area contributed by atoms with E-state index in [2.05, 4.69) is 39.9 Å². The molecule has 0 bridgehead atoms. The molecule has 0 saturated heterocycles. The van der Waals surface area contributed by atoms with E-state index in [9.17, 15) is 39.6 Å². The molecule has 0 aromatic carbocycles. The van der Waals surface area contributed by atoms with Crippen molar-refractivity contribution in [2.75, 3.05) is 0 Å². The minimum Gasteiger partial charge on any atom is -0.545 e. The van der Waals surface area contributed by atoms with Gasteiger partial charge in [-0.3, -0.25) is 39.9 Å². The molecular formula is C48H68N8Ni2O23-2. The van der Waals surface area contributed by atoms with Gasteiger partial charge in [0.15, 0.2) is 0 Å². The second kappa shape index (κ2) is 69.0. The van der Waals surface area contributed by atoms with Crippen molar-refractivity contribution in [2.45, 2.75) is 0 Å². The van der Waals surface area contributed by atoms with Crippen LogP contribution in [0.25, 0.3) is 45.6 Å².